The van der Waals surface area contributed by atoms with E-state index < -0.39 is 0 Å². The van der Waals surface area contributed by atoms with Gasteiger partial charge in [0.1, 0.15) is 0 Å². The van der Waals surface area contributed by atoms with Crippen molar-refractivity contribution in [3.63, 3.8) is 0 Å². The summed E-state index contributed by atoms with van der Waals surface area (Å²) in [6, 6.07) is 10.8. The van der Waals surface area contributed by atoms with E-state index in [4.69, 9.17) is 28.2 Å². The first-order valence-electron chi connectivity index (χ1n) is 7.28. The number of carbonyl (C=O) groups excluding carboxylic acids is 1. The first-order valence-corrected chi connectivity index (χ1v) is 8.06. The zero-order valence-corrected chi connectivity index (χ0v) is 13.9. The van der Waals surface area contributed by atoms with E-state index in [1.54, 1.807) is 17.0 Å². The molecule has 1 saturated heterocycles. The fourth-order valence-electron chi connectivity index (χ4n) is 2.44. The van der Waals surface area contributed by atoms with Gasteiger partial charge in [-0.1, -0.05) is 17.7 Å². The average molecular weight is 350 g/mol. The molecule has 120 valence electrons. The maximum Gasteiger partial charge on any atom is 0.289 e. The van der Waals surface area contributed by atoms with Gasteiger partial charge in [-0.25, -0.2) is 0 Å². The molecule has 0 aliphatic carbocycles. The summed E-state index contributed by atoms with van der Waals surface area (Å²) in [5.74, 6) is 0.293. The average Bonchev–Trinajstić information content (AvgIpc) is 3.09. The number of furan rings is 1. The minimum Gasteiger partial charge on any atom is -0.459 e. The van der Waals surface area contributed by atoms with E-state index in [0.29, 0.717) is 42.1 Å². The van der Waals surface area contributed by atoms with Crippen LogP contribution in [0.4, 0.5) is 5.69 Å². The summed E-state index contributed by atoms with van der Waals surface area (Å²) in [6.07, 6.45) is 1.51. The second kappa shape index (κ2) is 7.02. The second-order valence-electron chi connectivity index (χ2n) is 5.20. The van der Waals surface area contributed by atoms with Gasteiger partial charge in [-0.3, -0.25) is 4.79 Å². The summed E-state index contributed by atoms with van der Waals surface area (Å²) in [4.78, 5) is 16.0. The molecule has 1 fully saturated rings. The van der Waals surface area contributed by atoms with Gasteiger partial charge in [0.25, 0.3) is 5.91 Å². The standard InChI is InChI=1S/C16H16ClN3O2S/c17-12-3-1-4-13(11-12)18-16(23)20-8-6-19(7-9-20)15(21)14-5-2-10-22-14/h1-5,10-11H,6-9H2,(H,18,23). The summed E-state index contributed by atoms with van der Waals surface area (Å²) < 4.78 is 5.16. The molecule has 23 heavy (non-hydrogen) atoms. The van der Waals surface area contributed by atoms with Crippen molar-refractivity contribution in [3.05, 3.63) is 53.4 Å². The van der Waals surface area contributed by atoms with Crippen LogP contribution in [0.5, 0.6) is 0 Å². The molecule has 0 bridgehead atoms. The molecule has 1 aliphatic heterocycles. The number of rotatable bonds is 2. The van der Waals surface area contributed by atoms with E-state index >= 15 is 0 Å². The van der Waals surface area contributed by atoms with E-state index in [1.165, 1.54) is 6.26 Å². The molecule has 1 aromatic heterocycles. The number of carbonyl (C=O) groups is 1. The predicted molar refractivity (Wildman–Crippen MR) is 93.9 cm³/mol. The molecule has 0 atom stereocenters. The number of thiocarbonyl (C=S) groups is 1. The zero-order valence-electron chi connectivity index (χ0n) is 12.4. The lowest BCUT2D eigenvalue weighted by Crippen LogP contribution is -2.51. The van der Waals surface area contributed by atoms with E-state index in [-0.39, 0.29) is 5.91 Å². The summed E-state index contributed by atoms with van der Waals surface area (Å²) in [5, 5.41) is 4.47. The Morgan fingerprint density at radius 2 is 1.87 bits per heavy atom. The number of piperazine rings is 1. The number of nitrogens with one attached hydrogen (secondary N) is 1. The number of hydrogen-bond acceptors (Lipinski definition) is 3. The number of nitrogens with zero attached hydrogens (tertiary/aromatic N) is 2. The Labute approximate surface area is 144 Å². The highest BCUT2D eigenvalue weighted by Gasteiger charge is 2.24. The van der Waals surface area contributed by atoms with Gasteiger partial charge in [-0.05, 0) is 42.5 Å². The van der Waals surface area contributed by atoms with Crippen LogP contribution < -0.4 is 5.32 Å². The molecule has 0 radical (unpaired) electrons. The lowest BCUT2D eigenvalue weighted by Gasteiger charge is -2.35. The molecule has 3 rings (SSSR count). The lowest BCUT2D eigenvalue weighted by atomic mass is 10.3. The Morgan fingerprint density at radius 3 is 2.52 bits per heavy atom. The third kappa shape index (κ3) is 3.83. The molecular formula is C16H16ClN3O2S. The number of hydrogen-bond donors (Lipinski definition) is 1. The third-order valence-electron chi connectivity index (χ3n) is 3.66. The van der Waals surface area contributed by atoms with Crippen LogP contribution in [0.15, 0.2) is 47.1 Å². The van der Waals surface area contributed by atoms with Crippen molar-refractivity contribution in [1.29, 1.82) is 0 Å². The highest BCUT2D eigenvalue weighted by atomic mass is 35.5. The smallest absolute Gasteiger partial charge is 0.289 e. The highest BCUT2D eigenvalue weighted by Crippen LogP contribution is 2.16. The van der Waals surface area contributed by atoms with Crippen molar-refractivity contribution in [1.82, 2.24) is 9.80 Å². The fraction of sp³-hybridized carbons (Fsp3) is 0.250. The van der Waals surface area contributed by atoms with Crippen molar-refractivity contribution in [2.75, 3.05) is 31.5 Å². The monoisotopic (exact) mass is 349 g/mol. The molecule has 1 N–H and O–H groups in total. The fourth-order valence-corrected chi connectivity index (χ4v) is 2.93. The highest BCUT2D eigenvalue weighted by molar-refractivity contribution is 7.80. The van der Waals surface area contributed by atoms with Gasteiger partial charge in [0.05, 0.1) is 6.26 Å². The van der Waals surface area contributed by atoms with Crippen molar-refractivity contribution >= 4 is 40.5 Å². The number of halogens is 1. The van der Waals surface area contributed by atoms with Crippen LogP contribution in [0.25, 0.3) is 0 Å². The van der Waals surface area contributed by atoms with Gasteiger partial charge in [0, 0.05) is 36.9 Å². The van der Waals surface area contributed by atoms with Crippen LogP contribution >= 0.6 is 23.8 Å². The lowest BCUT2D eigenvalue weighted by molar-refractivity contribution is 0.0661. The third-order valence-corrected chi connectivity index (χ3v) is 4.26. The van der Waals surface area contributed by atoms with Crippen LogP contribution in [0, 0.1) is 0 Å². The van der Waals surface area contributed by atoms with Gasteiger partial charge < -0.3 is 19.5 Å². The molecule has 1 aliphatic rings. The molecule has 0 saturated carbocycles. The van der Waals surface area contributed by atoms with Crippen LogP contribution in [0.3, 0.4) is 0 Å². The Hall–Kier alpha value is -2.05. The van der Waals surface area contributed by atoms with Crippen molar-refractivity contribution in [2.45, 2.75) is 0 Å². The van der Waals surface area contributed by atoms with E-state index in [1.807, 2.05) is 29.2 Å². The summed E-state index contributed by atoms with van der Waals surface area (Å²) in [7, 11) is 0. The largest absolute Gasteiger partial charge is 0.459 e. The Bertz CT molecular complexity index is 697. The molecule has 7 heteroatoms. The van der Waals surface area contributed by atoms with Gasteiger partial charge in [-0.2, -0.15) is 0 Å². The second-order valence-corrected chi connectivity index (χ2v) is 6.02. The van der Waals surface area contributed by atoms with Crippen LogP contribution in [0.1, 0.15) is 10.6 Å². The van der Waals surface area contributed by atoms with E-state index in [0.717, 1.165) is 5.69 Å². The van der Waals surface area contributed by atoms with Gasteiger partial charge >= 0.3 is 0 Å². The van der Waals surface area contributed by atoms with E-state index in [9.17, 15) is 4.79 Å². The summed E-state index contributed by atoms with van der Waals surface area (Å²) in [5.41, 5.74) is 0.858. The molecular weight excluding hydrogens is 334 g/mol. The summed E-state index contributed by atoms with van der Waals surface area (Å²) >= 11 is 11.4. The molecule has 2 heterocycles. The van der Waals surface area contributed by atoms with Crippen molar-refractivity contribution < 1.29 is 9.21 Å². The van der Waals surface area contributed by atoms with E-state index in [2.05, 4.69) is 5.32 Å². The Balaban J connectivity index is 1.54. The normalized spacial score (nSPS) is 14.7. The summed E-state index contributed by atoms with van der Waals surface area (Å²) in [6.45, 7) is 2.57. The molecule has 1 aromatic carbocycles. The quantitative estimate of drug-likeness (QED) is 0.844. The molecule has 2 aromatic rings. The SMILES string of the molecule is O=C(c1ccco1)N1CCN(C(=S)Nc2cccc(Cl)c2)CC1. The number of anilines is 1. The first kappa shape index (κ1) is 15.8. The maximum atomic E-state index is 12.2. The minimum atomic E-state index is -0.0802. The topological polar surface area (TPSA) is 48.7 Å². The Kier molecular flexibility index (Phi) is 4.83. The molecule has 0 unspecified atom stereocenters. The van der Waals surface area contributed by atoms with Crippen LogP contribution in [0.2, 0.25) is 5.02 Å². The number of benzene rings is 1. The van der Waals surface area contributed by atoms with Crippen LogP contribution in [-0.4, -0.2) is 47.0 Å². The van der Waals surface area contributed by atoms with Gasteiger partial charge in [0.15, 0.2) is 10.9 Å². The molecule has 1 amide bonds. The number of amides is 1. The predicted octanol–water partition coefficient (Wildman–Crippen LogP) is 3.09. The molecule has 5 nitrogen and oxygen atoms in total. The van der Waals surface area contributed by atoms with Gasteiger partial charge in [-0.15, -0.1) is 0 Å². The molecule has 0 spiro atoms. The van der Waals surface area contributed by atoms with Crippen LogP contribution in [-0.2, 0) is 0 Å². The Morgan fingerprint density at radius 1 is 1.13 bits per heavy atom. The van der Waals surface area contributed by atoms with Crippen molar-refractivity contribution in [2.24, 2.45) is 0 Å². The maximum absolute atomic E-state index is 12.2. The zero-order chi connectivity index (χ0) is 16.2. The minimum absolute atomic E-state index is 0.0802. The van der Waals surface area contributed by atoms with Crippen molar-refractivity contribution in [3.8, 4) is 0 Å². The van der Waals surface area contributed by atoms with Gasteiger partial charge in [0.2, 0.25) is 0 Å². The first-order chi connectivity index (χ1) is 11.1.